The maximum absolute atomic E-state index is 12.1. The molecule has 3 heterocycles. The van der Waals surface area contributed by atoms with E-state index in [4.69, 9.17) is 0 Å². The molecule has 4 nitrogen and oxygen atoms in total. The lowest BCUT2D eigenvalue weighted by Crippen LogP contribution is -2.33. The van der Waals surface area contributed by atoms with Gasteiger partial charge in [0.05, 0.1) is 11.3 Å². The first-order chi connectivity index (χ1) is 12.2. The average molecular weight is 349 g/mol. The summed E-state index contributed by atoms with van der Waals surface area (Å²) in [6, 6.07) is 14.4. The van der Waals surface area contributed by atoms with Crippen LogP contribution < -0.4 is 5.32 Å². The Balaban J connectivity index is 1.72. The van der Waals surface area contributed by atoms with Crippen LogP contribution in [0, 0.1) is 0 Å². The second kappa shape index (κ2) is 6.41. The molecule has 0 bridgehead atoms. The number of thioether (sulfide) groups is 1. The van der Waals surface area contributed by atoms with Crippen molar-refractivity contribution in [1.82, 2.24) is 15.3 Å². The first-order valence-corrected chi connectivity index (χ1v) is 9.50. The highest BCUT2D eigenvalue weighted by molar-refractivity contribution is 7.98. The second-order valence-electron chi connectivity index (χ2n) is 6.28. The van der Waals surface area contributed by atoms with Crippen LogP contribution in [0.25, 0.3) is 22.5 Å². The SMILES string of the molecule is CSc1ccc(-c2cc(-c3cc4c([nH]3)C(C)CNC4=O)ccn2)cc1. The summed E-state index contributed by atoms with van der Waals surface area (Å²) in [5, 5.41) is 2.93. The molecule has 1 amide bonds. The number of aromatic nitrogens is 2. The number of pyridine rings is 1. The molecule has 2 aromatic heterocycles. The molecule has 126 valence electrons. The lowest BCUT2D eigenvalue weighted by atomic mass is 9.99. The van der Waals surface area contributed by atoms with Gasteiger partial charge in [-0.25, -0.2) is 0 Å². The summed E-state index contributed by atoms with van der Waals surface area (Å²) in [5.74, 6) is 0.291. The van der Waals surface area contributed by atoms with Crippen molar-refractivity contribution in [3.8, 4) is 22.5 Å². The van der Waals surface area contributed by atoms with Gasteiger partial charge in [-0.2, -0.15) is 0 Å². The number of fused-ring (bicyclic) bond motifs is 1. The molecule has 0 saturated heterocycles. The number of amides is 1. The van der Waals surface area contributed by atoms with Crippen molar-refractivity contribution < 1.29 is 4.79 Å². The zero-order valence-electron chi connectivity index (χ0n) is 14.2. The number of carbonyl (C=O) groups is 1. The third kappa shape index (κ3) is 2.96. The third-order valence-electron chi connectivity index (χ3n) is 4.61. The van der Waals surface area contributed by atoms with Gasteiger partial charge in [0.2, 0.25) is 0 Å². The average Bonchev–Trinajstić information content (AvgIpc) is 3.12. The van der Waals surface area contributed by atoms with Gasteiger partial charge < -0.3 is 10.3 Å². The van der Waals surface area contributed by atoms with Gasteiger partial charge >= 0.3 is 0 Å². The summed E-state index contributed by atoms with van der Waals surface area (Å²) in [5.41, 5.74) is 5.77. The van der Waals surface area contributed by atoms with Gasteiger partial charge in [-0.05, 0) is 36.6 Å². The van der Waals surface area contributed by atoms with Crippen molar-refractivity contribution >= 4 is 17.7 Å². The fourth-order valence-electron chi connectivity index (χ4n) is 3.16. The van der Waals surface area contributed by atoms with Crippen molar-refractivity contribution in [2.24, 2.45) is 0 Å². The van der Waals surface area contributed by atoms with Gasteiger partial charge in [-0.3, -0.25) is 9.78 Å². The number of aromatic amines is 1. The van der Waals surface area contributed by atoms with Gasteiger partial charge in [-0.15, -0.1) is 11.8 Å². The first kappa shape index (κ1) is 16.0. The quantitative estimate of drug-likeness (QED) is 0.693. The van der Waals surface area contributed by atoms with Crippen LogP contribution in [-0.4, -0.2) is 28.7 Å². The largest absolute Gasteiger partial charge is 0.357 e. The Bertz CT molecular complexity index is 930. The topological polar surface area (TPSA) is 57.8 Å². The molecule has 4 rings (SSSR count). The molecule has 25 heavy (non-hydrogen) atoms. The molecule has 0 fully saturated rings. The van der Waals surface area contributed by atoms with E-state index in [1.165, 1.54) is 4.90 Å². The van der Waals surface area contributed by atoms with Crippen molar-refractivity contribution in [2.45, 2.75) is 17.7 Å². The van der Waals surface area contributed by atoms with Crippen molar-refractivity contribution in [2.75, 3.05) is 12.8 Å². The number of carbonyl (C=O) groups excluding carboxylic acids is 1. The Labute approximate surface area is 151 Å². The van der Waals surface area contributed by atoms with Crippen molar-refractivity contribution in [3.05, 3.63) is 59.9 Å². The monoisotopic (exact) mass is 349 g/mol. The van der Waals surface area contributed by atoms with E-state index in [-0.39, 0.29) is 5.91 Å². The van der Waals surface area contributed by atoms with Crippen LogP contribution in [0.2, 0.25) is 0 Å². The molecule has 3 aromatic rings. The van der Waals surface area contributed by atoms with Crippen LogP contribution in [0.4, 0.5) is 0 Å². The highest BCUT2D eigenvalue weighted by Crippen LogP contribution is 2.30. The number of rotatable bonds is 3. The van der Waals surface area contributed by atoms with E-state index >= 15 is 0 Å². The van der Waals surface area contributed by atoms with E-state index < -0.39 is 0 Å². The molecule has 0 saturated carbocycles. The molecule has 1 atom stereocenters. The van der Waals surface area contributed by atoms with Gasteiger partial charge in [0.1, 0.15) is 0 Å². The van der Waals surface area contributed by atoms with Crippen LogP contribution in [0.15, 0.2) is 53.6 Å². The van der Waals surface area contributed by atoms with Gasteiger partial charge in [0.25, 0.3) is 5.91 Å². The number of benzene rings is 1. The van der Waals surface area contributed by atoms with Crippen molar-refractivity contribution in [1.29, 1.82) is 0 Å². The lowest BCUT2D eigenvalue weighted by molar-refractivity contribution is 0.0941. The Kier molecular flexibility index (Phi) is 4.09. The van der Waals surface area contributed by atoms with Crippen LogP contribution in [0.1, 0.15) is 28.9 Å². The molecule has 1 aliphatic heterocycles. The van der Waals surface area contributed by atoms with E-state index in [0.717, 1.165) is 33.8 Å². The minimum absolute atomic E-state index is 0.00228. The molecule has 0 radical (unpaired) electrons. The van der Waals surface area contributed by atoms with E-state index in [9.17, 15) is 4.79 Å². The molecular weight excluding hydrogens is 330 g/mol. The molecule has 2 N–H and O–H groups in total. The smallest absolute Gasteiger partial charge is 0.253 e. The fourth-order valence-corrected chi connectivity index (χ4v) is 3.57. The Morgan fingerprint density at radius 2 is 1.92 bits per heavy atom. The lowest BCUT2D eigenvalue weighted by Gasteiger charge is -2.18. The molecular formula is C20H19N3OS. The van der Waals surface area contributed by atoms with Gasteiger partial charge in [0, 0.05) is 46.1 Å². The van der Waals surface area contributed by atoms with E-state index in [1.54, 1.807) is 11.8 Å². The summed E-state index contributed by atoms with van der Waals surface area (Å²) in [4.78, 5) is 21.2. The number of nitrogens with zero attached hydrogens (tertiary/aromatic N) is 1. The molecule has 0 aliphatic carbocycles. The van der Waals surface area contributed by atoms with E-state index in [2.05, 4.69) is 58.8 Å². The third-order valence-corrected chi connectivity index (χ3v) is 5.35. The number of hydrogen-bond donors (Lipinski definition) is 2. The maximum Gasteiger partial charge on any atom is 0.253 e. The summed E-state index contributed by atoms with van der Waals surface area (Å²) >= 11 is 1.73. The second-order valence-corrected chi connectivity index (χ2v) is 7.16. The predicted molar refractivity (Wildman–Crippen MR) is 102 cm³/mol. The normalized spacial score (nSPS) is 16.4. The van der Waals surface area contributed by atoms with E-state index in [0.29, 0.717) is 12.5 Å². The number of nitrogens with one attached hydrogen (secondary N) is 2. The molecule has 1 unspecified atom stereocenters. The standard InChI is InChI=1S/C20H19N3OS/c1-12-11-22-20(24)16-10-18(23-19(12)16)14-7-8-21-17(9-14)13-3-5-15(25-2)6-4-13/h3-10,12,23H,11H2,1-2H3,(H,22,24). The Morgan fingerprint density at radius 3 is 2.64 bits per heavy atom. The number of H-pyrrole nitrogens is 1. The molecule has 1 aromatic carbocycles. The summed E-state index contributed by atoms with van der Waals surface area (Å²) in [6.07, 6.45) is 3.88. The van der Waals surface area contributed by atoms with Crippen LogP contribution in [-0.2, 0) is 0 Å². The highest BCUT2D eigenvalue weighted by atomic mass is 32.2. The summed E-state index contributed by atoms with van der Waals surface area (Å²) < 4.78 is 0. The van der Waals surface area contributed by atoms with Crippen LogP contribution >= 0.6 is 11.8 Å². The van der Waals surface area contributed by atoms with Crippen molar-refractivity contribution in [3.63, 3.8) is 0 Å². The Hall–Kier alpha value is -2.53. The Morgan fingerprint density at radius 1 is 1.12 bits per heavy atom. The minimum Gasteiger partial charge on any atom is -0.357 e. The highest BCUT2D eigenvalue weighted by Gasteiger charge is 2.25. The minimum atomic E-state index is -0.00228. The molecule has 1 aliphatic rings. The zero-order chi connectivity index (χ0) is 17.4. The van der Waals surface area contributed by atoms with E-state index in [1.807, 2.05) is 18.3 Å². The molecule has 5 heteroatoms. The number of hydrogen-bond acceptors (Lipinski definition) is 3. The summed E-state index contributed by atoms with van der Waals surface area (Å²) in [7, 11) is 0. The maximum atomic E-state index is 12.1. The summed E-state index contributed by atoms with van der Waals surface area (Å²) in [6.45, 7) is 2.79. The van der Waals surface area contributed by atoms with Crippen LogP contribution in [0.5, 0.6) is 0 Å². The zero-order valence-corrected chi connectivity index (χ0v) is 15.0. The fraction of sp³-hybridized carbons (Fsp3) is 0.200. The van der Waals surface area contributed by atoms with Gasteiger partial charge in [-0.1, -0.05) is 19.1 Å². The predicted octanol–water partition coefficient (Wildman–Crippen LogP) is 4.31. The molecule has 0 spiro atoms. The van der Waals surface area contributed by atoms with Gasteiger partial charge in [0.15, 0.2) is 0 Å². The first-order valence-electron chi connectivity index (χ1n) is 8.27. The van der Waals surface area contributed by atoms with Crippen LogP contribution in [0.3, 0.4) is 0 Å².